The molecule has 4 nitrogen and oxygen atoms in total. The topological polar surface area (TPSA) is 55.0 Å². The van der Waals surface area contributed by atoms with Gasteiger partial charge in [-0.2, -0.15) is 0 Å². The summed E-state index contributed by atoms with van der Waals surface area (Å²) >= 11 is 0. The van der Waals surface area contributed by atoms with E-state index in [4.69, 9.17) is 22.2 Å². The summed E-state index contributed by atoms with van der Waals surface area (Å²) in [7, 11) is 0. The highest BCUT2D eigenvalue weighted by atomic mass is 15.2. The van der Waals surface area contributed by atoms with Gasteiger partial charge in [-0.15, -0.1) is 0 Å². The highest BCUT2D eigenvalue weighted by molar-refractivity contribution is 5.41. The molecule has 14 heavy (non-hydrogen) atoms. The highest BCUT2D eigenvalue weighted by Gasteiger charge is 2.17. The SMILES string of the molecule is [2H]C([2H])([2H])C1([2H])C([2H])([2H])N(c2cncc(N)n2)C([2H])([2H])C([2H])([2H])C1([2H])[2H]. The van der Waals surface area contributed by atoms with Crippen LogP contribution in [-0.4, -0.2) is 23.0 Å². The maximum absolute atomic E-state index is 8.20. The van der Waals surface area contributed by atoms with E-state index in [-0.39, 0.29) is 10.7 Å². The Bertz CT molecular complexity index is 716. The fourth-order valence-corrected chi connectivity index (χ4v) is 0.907. The van der Waals surface area contributed by atoms with Crippen LogP contribution in [0.3, 0.4) is 0 Å². The zero-order valence-corrected chi connectivity index (χ0v) is 7.07. The third-order valence-corrected chi connectivity index (χ3v) is 1.45. The van der Waals surface area contributed by atoms with Crippen LogP contribution in [0.5, 0.6) is 0 Å². The van der Waals surface area contributed by atoms with E-state index in [1.807, 2.05) is 0 Å². The molecule has 1 aliphatic rings. The molecule has 0 saturated carbocycles. The first-order valence-electron chi connectivity index (χ1n) is 9.75. The summed E-state index contributed by atoms with van der Waals surface area (Å²) in [6, 6.07) is 0. The second-order valence-electron chi connectivity index (χ2n) is 2.49. The number of nitrogens with two attached hydrogens (primary N) is 1. The molecule has 1 unspecified atom stereocenters. The van der Waals surface area contributed by atoms with E-state index in [0.717, 1.165) is 12.4 Å². The number of aromatic nitrogens is 2. The maximum Gasteiger partial charge on any atom is 0.149 e. The van der Waals surface area contributed by atoms with Crippen molar-refractivity contribution >= 4 is 11.6 Å². The summed E-state index contributed by atoms with van der Waals surface area (Å²) in [6.07, 6.45) is -5.50. The van der Waals surface area contributed by atoms with Crippen LogP contribution in [0.15, 0.2) is 12.4 Å². The van der Waals surface area contributed by atoms with Crippen molar-refractivity contribution in [2.45, 2.75) is 19.6 Å². The predicted molar refractivity (Wildman–Crippen MR) is 57.1 cm³/mol. The third-order valence-electron chi connectivity index (χ3n) is 1.45. The fourth-order valence-electron chi connectivity index (χ4n) is 0.907. The number of nitrogen functional groups attached to an aromatic ring is 1. The molecule has 0 aromatic carbocycles. The summed E-state index contributed by atoms with van der Waals surface area (Å²) < 4.78 is 94.9. The molecule has 0 bridgehead atoms. The molecule has 0 radical (unpaired) electrons. The molecular formula is C10H16N4. The fraction of sp³-hybridized carbons (Fsp3) is 0.600. The zero-order valence-electron chi connectivity index (χ0n) is 19.1. The number of hydrogen-bond acceptors (Lipinski definition) is 4. The average Bonchev–Trinajstić information content (AvgIpc) is 2.42. The van der Waals surface area contributed by atoms with E-state index in [1.54, 1.807) is 0 Å². The summed E-state index contributed by atoms with van der Waals surface area (Å²) in [5.74, 6) is -4.66. The lowest BCUT2D eigenvalue weighted by molar-refractivity contribution is 0.444. The van der Waals surface area contributed by atoms with Crippen LogP contribution in [0.4, 0.5) is 11.6 Å². The number of piperidine rings is 1. The molecule has 2 N–H and O–H groups in total. The first-order valence-corrected chi connectivity index (χ1v) is 3.75. The lowest BCUT2D eigenvalue weighted by Gasteiger charge is -2.31. The Morgan fingerprint density at radius 1 is 1.79 bits per heavy atom. The van der Waals surface area contributed by atoms with Crippen LogP contribution in [0.25, 0.3) is 0 Å². The lowest BCUT2D eigenvalue weighted by Crippen LogP contribution is -2.34. The van der Waals surface area contributed by atoms with Gasteiger partial charge in [0, 0.05) is 29.4 Å². The van der Waals surface area contributed by atoms with E-state index >= 15 is 0 Å². The smallest absolute Gasteiger partial charge is 0.149 e. The van der Waals surface area contributed by atoms with Crippen LogP contribution in [-0.2, 0) is 0 Å². The Hall–Kier alpha value is -1.32. The maximum atomic E-state index is 8.20. The molecule has 0 spiro atoms. The van der Waals surface area contributed by atoms with Gasteiger partial charge in [-0.1, -0.05) is 6.85 Å². The van der Waals surface area contributed by atoms with Gasteiger partial charge >= 0.3 is 0 Å². The van der Waals surface area contributed by atoms with Gasteiger partial charge in [0.05, 0.1) is 12.4 Å². The monoisotopic (exact) mass is 204 g/mol. The molecule has 0 amide bonds. The first kappa shape index (κ1) is 2.62. The summed E-state index contributed by atoms with van der Waals surface area (Å²) in [5, 5.41) is 0. The van der Waals surface area contributed by atoms with Gasteiger partial charge in [0.2, 0.25) is 0 Å². The van der Waals surface area contributed by atoms with Crippen LogP contribution in [0.2, 0.25) is 0 Å². The quantitative estimate of drug-likeness (QED) is 0.749. The molecule has 1 aliphatic heterocycles. The number of hydrogen-bond donors (Lipinski definition) is 1. The number of anilines is 2. The van der Waals surface area contributed by atoms with E-state index in [0.29, 0.717) is 0 Å². The number of rotatable bonds is 1. The Kier molecular flexibility index (Phi) is 0.715. The molecule has 4 heteroatoms. The van der Waals surface area contributed by atoms with Crippen LogP contribution in [0, 0.1) is 5.89 Å². The van der Waals surface area contributed by atoms with Gasteiger partial charge in [-0.05, 0) is 18.6 Å². The molecule has 1 aromatic heterocycles. The molecule has 2 rings (SSSR count). The minimum absolute atomic E-state index is 0.00986. The summed E-state index contributed by atoms with van der Waals surface area (Å²) in [4.78, 5) is 7.25. The van der Waals surface area contributed by atoms with E-state index < -0.39 is 44.3 Å². The van der Waals surface area contributed by atoms with Crippen molar-refractivity contribution in [2.75, 3.05) is 23.6 Å². The number of nitrogens with zero attached hydrogens (tertiary/aromatic N) is 3. The van der Waals surface area contributed by atoms with E-state index in [1.165, 1.54) is 0 Å². The van der Waals surface area contributed by atoms with Crippen molar-refractivity contribution in [1.82, 2.24) is 9.97 Å². The van der Waals surface area contributed by atoms with Crippen molar-refractivity contribution in [2.24, 2.45) is 5.89 Å². The van der Waals surface area contributed by atoms with Gasteiger partial charge in [-0.25, -0.2) is 4.98 Å². The van der Waals surface area contributed by atoms with Gasteiger partial charge in [0.15, 0.2) is 0 Å². The molecule has 1 fully saturated rings. The Labute approximate surface area is 101 Å². The predicted octanol–water partition coefficient (Wildman–Crippen LogP) is 1.30. The average molecular weight is 204 g/mol. The summed E-state index contributed by atoms with van der Waals surface area (Å²) in [5.41, 5.74) is 5.45. The Morgan fingerprint density at radius 2 is 2.71 bits per heavy atom. The van der Waals surface area contributed by atoms with Crippen LogP contribution >= 0.6 is 0 Å². The molecule has 76 valence electrons. The molecule has 1 aromatic rings. The van der Waals surface area contributed by atoms with Crippen molar-refractivity contribution in [3.05, 3.63) is 12.4 Å². The van der Waals surface area contributed by atoms with Crippen LogP contribution < -0.4 is 10.6 Å². The molecule has 1 saturated heterocycles. The Balaban J connectivity index is 2.93. The molecule has 2 heterocycles. The second kappa shape index (κ2) is 3.82. The van der Waals surface area contributed by atoms with Gasteiger partial charge in [0.25, 0.3) is 0 Å². The second-order valence-corrected chi connectivity index (χ2v) is 2.49. The van der Waals surface area contributed by atoms with E-state index in [2.05, 4.69) is 9.97 Å². The van der Waals surface area contributed by atoms with Crippen molar-refractivity contribution in [3.8, 4) is 0 Å². The zero-order chi connectivity index (χ0) is 20.6. The van der Waals surface area contributed by atoms with Gasteiger partial charge in [0.1, 0.15) is 11.6 Å². The minimum atomic E-state index is -3.75. The Morgan fingerprint density at radius 3 is 3.50 bits per heavy atom. The van der Waals surface area contributed by atoms with Crippen molar-refractivity contribution < 1.29 is 16.4 Å². The lowest BCUT2D eigenvalue weighted by atomic mass is 10.0. The standard InChI is InChI=1S/C10H16N4/c1-8-3-2-4-14(7-8)10-6-12-5-9(11)13-10/h5-6,8H,2-4,7H2,1H3,(H2,11,13)/i1D3,2D2,3D2,4D2,7D2,8D. The van der Waals surface area contributed by atoms with Crippen molar-refractivity contribution in [1.29, 1.82) is 0 Å². The minimum Gasteiger partial charge on any atom is -0.382 e. The molecular weight excluding hydrogens is 176 g/mol. The van der Waals surface area contributed by atoms with E-state index in [9.17, 15) is 0 Å². The summed E-state index contributed by atoms with van der Waals surface area (Å²) in [6.45, 7) is -10.6. The molecule has 1 atom stereocenters. The van der Waals surface area contributed by atoms with Gasteiger partial charge < -0.3 is 10.6 Å². The third kappa shape index (κ3) is 1.95. The highest BCUT2D eigenvalue weighted by Crippen LogP contribution is 2.20. The first-order chi connectivity index (χ1) is 11.4. The largest absolute Gasteiger partial charge is 0.382 e. The van der Waals surface area contributed by atoms with Crippen LogP contribution in [0.1, 0.15) is 36.0 Å². The molecule has 0 aliphatic carbocycles. The normalized spacial score (nSPS) is 55.6. The van der Waals surface area contributed by atoms with Gasteiger partial charge in [-0.3, -0.25) is 4.98 Å². The van der Waals surface area contributed by atoms with Crippen molar-refractivity contribution in [3.63, 3.8) is 0 Å².